The van der Waals surface area contributed by atoms with Crippen LogP contribution in [0.25, 0.3) is 76.1 Å². The molecule has 0 saturated carbocycles. The Bertz CT molecular complexity index is 3620. The molecular formula is C62H44N2. The molecule has 0 radical (unpaired) electrons. The minimum absolute atomic E-state index is 0.971. The number of nitrogens with zero attached hydrogens (tertiary/aromatic N) is 2. The molecule has 0 unspecified atom stereocenters. The first-order chi connectivity index (χ1) is 31.7. The normalized spacial score (nSPS) is 12.6. The largest absolute Gasteiger partial charge is 0.314 e. The van der Waals surface area contributed by atoms with E-state index in [4.69, 9.17) is 0 Å². The fourth-order valence-electron chi connectivity index (χ4n) is 9.97. The van der Waals surface area contributed by atoms with Gasteiger partial charge in [0.25, 0.3) is 0 Å². The van der Waals surface area contributed by atoms with E-state index in [0.717, 1.165) is 41.3 Å². The summed E-state index contributed by atoms with van der Waals surface area (Å²) in [5.74, 6) is 0. The lowest BCUT2D eigenvalue weighted by Crippen LogP contribution is -2.17. The molecule has 0 aliphatic heterocycles. The lowest BCUT2D eigenvalue weighted by molar-refractivity contribution is 0.918. The van der Waals surface area contributed by atoms with Crippen molar-refractivity contribution in [2.75, 3.05) is 9.80 Å². The van der Waals surface area contributed by atoms with E-state index in [1.54, 1.807) is 0 Å². The van der Waals surface area contributed by atoms with Gasteiger partial charge < -0.3 is 9.80 Å². The van der Waals surface area contributed by atoms with Crippen molar-refractivity contribution < 1.29 is 0 Å². The number of benzene rings is 11. The lowest BCUT2D eigenvalue weighted by Gasteiger charge is -2.30. The van der Waals surface area contributed by atoms with Gasteiger partial charge in [0.15, 0.2) is 0 Å². The van der Waals surface area contributed by atoms with Gasteiger partial charge in [0.1, 0.15) is 0 Å². The molecule has 0 N–H and O–H groups in total. The zero-order valence-electron chi connectivity index (χ0n) is 35.4. The number of anilines is 5. The molecule has 11 aromatic carbocycles. The van der Waals surface area contributed by atoms with E-state index in [0.29, 0.717) is 0 Å². The van der Waals surface area contributed by atoms with E-state index in [-0.39, 0.29) is 0 Å². The predicted molar refractivity (Wildman–Crippen MR) is 275 cm³/mol. The van der Waals surface area contributed by atoms with E-state index in [1.807, 2.05) is 0 Å². The van der Waals surface area contributed by atoms with Gasteiger partial charge in [0, 0.05) is 34.1 Å². The highest BCUT2D eigenvalue weighted by molar-refractivity contribution is 6.23. The Balaban J connectivity index is 1.19. The van der Waals surface area contributed by atoms with Gasteiger partial charge in [-0.1, -0.05) is 164 Å². The van der Waals surface area contributed by atoms with Crippen LogP contribution >= 0.6 is 0 Å². The van der Waals surface area contributed by atoms with Crippen LogP contribution in [0.4, 0.5) is 28.4 Å². The molecule has 0 atom stereocenters. The molecular weight excluding hydrogens is 773 g/mol. The van der Waals surface area contributed by atoms with Crippen molar-refractivity contribution in [2.45, 2.75) is 12.8 Å². The number of hydrogen-bond acceptors (Lipinski definition) is 2. The van der Waals surface area contributed by atoms with Crippen molar-refractivity contribution in [3.8, 4) is 22.3 Å². The van der Waals surface area contributed by atoms with Gasteiger partial charge in [-0.15, -0.1) is 0 Å². The predicted octanol–water partition coefficient (Wildman–Crippen LogP) is 17.6. The minimum Gasteiger partial charge on any atom is -0.314 e. The molecule has 2 heteroatoms. The Labute approximate surface area is 373 Å². The van der Waals surface area contributed by atoms with Crippen molar-refractivity contribution >= 4 is 82.3 Å². The smallest absolute Gasteiger partial charge is 0.0468 e. The van der Waals surface area contributed by atoms with E-state index in [2.05, 4.69) is 252 Å². The van der Waals surface area contributed by atoms with Crippen LogP contribution in [-0.4, -0.2) is 0 Å². The Kier molecular flexibility index (Phi) is 9.34. The van der Waals surface area contributed by atoms with Gasteiger partial charge in [0.2, 0.25) is 0 Å². The molecule has 2 nitrogen and oxygen atoms in total. The van der Waals surface area contributed by atoms with Crippen LogP contribution in [0.1, 0.15) is 12.8 Å². The molecule has 0 bridgehead atoms. The molecule has 1 aliphatic rings. The average molecular weight is 817 g/mol. The second-order valence-electron chi connectivity index (χ2n) is 16.8. The van der Waals surface area contributed by atoms with Crippen LogP contribution in [0.5, 0.6) is 0 Å². The van der Waals surface area contributed by atoms with Crippen LogP contribution in [-0.2, 0) is 0 Å². The van der Waals surface area contributed by atoms with Crippen LogP contribution in [0, 0.1) is 0 Å². The Morgan fingerprint density at radius 1 is 0.297 bits per heavy atom. The summed E-state index contributed by atoms with van der Waals surface area (Å²) in [4.78, 5) is 4.86. The van der Waals surface area contributed by atoms with Crippen LogP contribution in [0.15, 0.2) is 248 Å². The summed E-state index contributed by atoms with van der Waals surface area (Å²) in [6, 6.07) is 82.8. The maximum Gasteiger partial charge on any atom is 0.0468 e. The van der Waals surface area contributed by atoms with Crippen LogP contribution in [0.2, 0.25) is 0 Å². The number of rotatable bonds is 8. The molecule has 12 rings (SSSR count). The molecule has 302 valence electrons. The third-order valence-corrected chi connectivity index (χ3v) is 13.0. The highest BCUT2D eigenvalue weighted by Crippen LogP contribution is 2.49. The second kappa shape index (κ2) is 15.9. The topological polar surface area (TPSA) is 6.48 Å². The molecule has 11 aromatic rings. The summed E-state index contributed by atoms with van der Waals surface area (Å²) in [7, 11) is 0. The van der Waals surface area contributed by atoms with Gasteiger partial charge in [0.05, 0.1) is 0 Å². The van der Waals surface area contributed by atoms with Crippen molar-refractivity contribution in [1.29, 1.82) is 0 Å². The van der Waals surface area contributed by atoms with Crippen molar-refractivity contribution in [2.24, 2.45) is 0 Å². The van der Waals surface area contributed by atoms with Crippen molar-refractivity contribution in [1.82, 2.24) is 0 Å². The molecule has 0 fully saturated rings. The molecule has 0 heterocycles. The first-order valence-electron chi connectivity index (χ1n) is 22.3. The Morgan fingerprint density at radius 2 is 0.719 bits per heavy atom. The third-order valence-electron chi connectivity index (χ3n) is 13.0. The summed E-state index contributed by atoms with van der Waals surface area (Å²) in [6.45, 7) is 0. The van der Waals surface area contributed by atoms with Gasteiger partial charge in [-0.3, -0.25) is 0 Å². The van der Waals surface area contributed by atoms with Crippen molar-refractivity contribution in [3.63, 3.8) is 0 Å². The summed E-state index contributed by atoms with van der Waals surface area (Å²) in [5, 5.41) is 12.2. The van der Waals surface area contributed by atoms with E-state index >= 15 is 0 Å². The highest BCUT2D eigenvalue weighted by Gasteiger charge is 2.23. The average Bonchev–Trinajstić information content (AvgIpc) is 3.36. The fraction of sp³-hybridized carbons (Fsp3) is 0.0323. The van der Waals surface area contributed by atoms with Gasteiger partial charge >= 0.3 is 0 Å². The van der Waals surface area contributed by atoms with Gasteiger partial charge in [-0.25, -0.2) is 0 Å². The first kappa shape index (κ1) is 37.6. The molecule has 0 amide bonds. The zero-order valence-corrected chi connectivity index (χ0v) is 35.4. The van der Waals surface area contributed by atoms with Gasteiger partial charge in [-0.05, 0) is 168 Å². The first-order valence-corrected chi connectivity index (χ1v) is 22.3. The van der Waals surface area contributed by atoms with Crippen LogP contribution < -0.4 is 9.80 Å². The molecule has 0 saturated heterocycles. The van der Waals surface area contributed by atoms with Gasteiger partial charge in [-0.2, -0.15) is 0 Å². The van der Waals surface area contributed by atoms with Crippen molar-refractivity contribution in [3.05, 3.63) is 248 Å². The summed E-state index contributed by atoms with van der Waals surface area (Å²) in [6.07, 6.45) is 8.74. The fourth-order valence-corrected chi connectivity index (χ4v) is 9.97. The summed E-state index contributed by atoms with van der Waals surface area (Å²) in [5.41, 5.74) is 11.8. The minimum atomic E-state index is 0.971. The molecule has 0 aromatic heterocycles. The third kappa shape index (κ3) is 6.68. The molecule has 0 spiro atoms. The highest BCUT2D eigenvalue weighted by atomic mass is 15.2. The number of para-hydroxylation sites is 2. The monoisotopic (exact) mass is 816 g/mol. The Hall–Kier alpha value is -8.20. The second-order valence-corrected chi connectivity index (χ2v) is 16.8. The SMILES string of the molecule is C1=CCCC(N(c2ccccc2)c2ccc3c(-c4ccc5ccccc5c4)c4cc(N(c5ccccc5)c5ccc6ccccc6c5)ccc4c(-c4ccc5ccccc5c4)c3c2)=C1. The number of allylic oxidation sites excluding steroid dienone is 4. The molecule has 1 aliphatic carbocycles. The maximum atomic E-state index is 2.46. The number of fused-ring (bicyclic) bond motifs is 5. The summed E-state index contributed by atoms with van der Waals surface area (Å²) >= 11 is 0. The zero-order chi connectivity index (χ0) is 42.4. The van der Waals surface area contributed by atoms with E-state index in [1.165, 1.54) is 81.8 Å². The quantitative estimate of drug-likeness (QED) is 0.141. The summed E-state index contributed by atoms with van der Waals surface area (Å²) < 4.78 is 0. The standard InChI is InChI=1S/C62H44N2/c1-4-22-51(23-5-1)63(52-24-6-2-7-25-52)55-34-36-57-59(41-55)61(49-30-28-43-16-10-13-19-46(43)38-49)58-37-35-56(42-60(58)62(57)50-31-29-44-17-11-14-20-47(44)39-50)64(53-26-8-3-9-27-53)54-33-32-45-18-12-15-21-48(45)40-54/h1-6,8-24,26-42H,7,25H2. The van der Waals surface area contributed by atoms with Crippen LogP contribution in [0.3, 0.4) is 0 Å². The van der Waals surface area contributed by atoms with E-state index < -0.39 is 0 Å². The maximum absolute atomic E-state index is 2.46. The molecule has 64 heavy (non-hydrogen) atoms. The lowest BCUT2D eigenvalue weighted by atomic mass is 9.84. The van der Waals surface area contributed by atoms with E-state index in [9.17, 15) is 0 Å². The number of hydrogen-bond donors (Lipinski definition) is 0. The Morgan fingerprint density at radius 3 is 1.23 bits per heavy atom.